The van der Waals surface area contributed by atoms with Gasteiger partial charge in [-0.25, -0.2) is 13.9 Å². The highest BCUT2D eigenvalue weighted by Gasteiger charge is 2.14. The third-order valence-electron chi connectivity index (χ3n) is 3.90. The molecule has 3 rings (SSSR count). The first-order valence-electron chi connectivity index (χ1n) is 8.05. The van der Waals surface area contributed by atoms with Crippen molar-refractivity contribution in [2.24, 2.45) is 0 Å². The van der Waals surface area contributed by atoms with Gasteiger partial charge in [-0.2, -0.15) is 5.10 Å². The third kappa shape index (κ3) is 4.21. The van der Waals surface area contributed by atoms with Crippen LogP contribution in [0.15, 0.2) is 60.9 Å². The van der Waals surface area contributed by atoms with Gasteiger partial charge in [0.05, 0.1) is 18.4 Å². The molecule has 2 aromatic carbocycles. The number of amides is 2. The van der Waals surface area contributed by atoms with Crippen LogP contribution in [-0.4, -0.2) is 27.8 Å². The number of urea groups is 1. The minimum Gasteiger partial charge on any atom is -0.334 e. The quantitative estimate of drug-likeness (QED) is 0.735. The molecule has 0 aliphatic heterocycles. The number of carbonyl (C=O) groups excluding carboxylic acids is 1. The number of nitrogens with zero attached hydrogens (tertiary/aromatic N) is 3. The standard InChI is InChI=1S/C19H18ClFN4O/c1-24(13-16-17(20)8-5-9-18(16)21)19(26)22-10-14-11-23-25(12-14)15-6-3-2-4-7-15/h2-9,11-12H,10,13H2,1H3,(H,22,26). The van der Waals surface area contributed by atoms with Crippen LogP contribution in [0.1, 0.15) is 11.1 Å². The van der Waals surface area contributed by atoms with Crippen molar-refractivity contribution in [3.8, 4) is 5.69 Å². The van der Waals surface area contributed by atoms with Crippen molar-refractivity contribution in [3.05, 3.63) is 82.9 Å². The van der Waals surface area contributed by atoms with E-state index < -0.39 is 5.82 Å². The normalized spacial score (nSPS) is 10.6. The molecule has 1 aromatic heterocycles. The highest BCUT2D eigenvalue weighted by molar-refractivity contribution is 6.31. The van der Waals surface area contributed by atoms with E-state index in [1.807, 2.05) is 36.5 Å². The summed E-state index contributed by atoms with van der Waals surface area (Å²) >= 11 is 6.00. The molecule has 0 unspecified atom stereocenters. The van der Waals surface area contributed by atoms with Gasteiger partial charge in [-0.3, -0.25) is 0 Å². The van der Waals surface area contributed by atoms with E-state index in [-0.39, 0.29) is 12.6 Å². The summed E-state index contributed by atoms with van der Waals surface area (Å²) < 4.78 is 15.6. The van der Waals surface area contributed by atoms with E-state index in [0.29, 0.717) is 17.1 Å². The van der Waals surface area contributed by atoms with Gasteiger partial charge in [-0.15, -0.1) is 0 Å². The van der Waals surface area contributed by atoms with E-state index in [0.717, 1.165) is 11.3 Å². The number of halogens is 2. The predicted molar refractivity (Wildman–Crippen MR) is 98.7 cm³/mol. The molecule has 0 aliphatic carbocycles. The molecule has 0 fully saturated rings. The fourth-order valence-corrected chi connectivity index (χ4v) is 2.70. The van der Waals surface area contributed by atoms with Crippen molar-refractivity contribution in [1.82, 2.24) is 20.0 Å². The molecule has 0 atom stereocenters. The number of hydrogen-bond donors (Lipinski definition) is 1. The molecule has 5 nitrogen and oxygen atoms in total. The average molecular weight is 373 g/mol. The molecule has 1 heterocycles. The van der Waals surface area contributed by atoms with Crippen molar-refractivity contribution < 1.29 is 9.18 Å². The zero-order chi connectivity index (χ0) is 18.5. The smallest absolute Gasteiger partial charge is 0.317 e. The Morgan fingerprint density at radius 2 is 2.00 bits per heavy atom. The van der Waals surface area contributed by atoms with Crippen molar-refractivity contribution in [2.45, 2.75) is 13.1 Å². The number of carbonyl (C=O) groups is 1. The van der Waals surface area contributed by atoms with Gasteiger partial charge in [-0.1, -0.05) is 35.9 Å². The van der Waals surface area contributed by atoms with E-state index in [1.165, 1.54) is 17.0 Å². The molecular formula is C19H18ClFN4O. The fourth-order valence-electron chi connectivity index (χ4n) is 2.48. The number of aromatic nitrogens is 2. The molecule has 26 heavy (non-hydrogen) atoms. The Labute approximate surface area is 156 Å². The summed E-state index contributed by atoms with van der Waals surface area (Å²) in [6, 6.07) is 13.8. The zero-order valence-electron chi connectivity index (χ0n) is 14.2. The maximum atomic E-state index is 13.8. The summed E-state index contributed by atoms with van der Waals surface area (Å²) in [5.74, 6) is -0.429. The van der Waals surface area contributed by atoms with Crippen LogP contribution in [0.25, 0.3) is 5.69 Å². The lowest BCUT2D eigenvalue weighted by Gasteiger charge is -2.18. The molecule has 7 heteroatoms. The number of para-hydroxylation sites is 1. The van der Waals surface area contributed by atoms with Gasteiger partial charge in [-0.05, 0) is 24.3 Å². The van der Waals surface area contributed by atoms with Gasteiger partial charge >= 0.3 is 6.03 Å². The Kier molecular flexibility index (Phi) is 5.53. The zero-order valence-corrected chi connectivity index (χ0v) is 14.9. The maximum Gasteiger partial charge on any atom is 0.317 e. The molecule has 134 valence electrons. The first-order valence-corrected chi connectivity index (χ1v) is 8.43. The van der Waals surface area contributed by atoms with Gasteiger partial charge in [0.25, 0.3) is 0 Å². The molecule has 2 amide bonds. The van der Waals surface area contributed by atoms with E-state index in [4.69, 9.17) is 11.6 Å². The molecule has 1 N–H and O–H groups in total. The van der Waals surface area contributed by atoms with E-state index in [2.05, 4.69) is 10.4 Å². The number of nitrogens with one attached hydrogen (secondary N) is 1. The molecule has 3 aromatic rings. The Balaban J connectivity index is 1.58. The number of hydrogen-bond acceptors (Lipinski definition) is 2. The van der Waals surface area contributed by atoms with Crippen LogP contribution in [0.2, 0.25) is 5.02 Å². The highest BCUT2D eigenvalue weighted by atomic mass is 35.5. The Morgan fingerprint density at radius 3 is 2.73 bits per heavy atom. The van der Waals surface area contributed by atoms with Crippen molar-refractivity contribution >= 4 is 17.6 Å². The Bertz CT molecular complexity index is 877. The second-order valence-corrected chi connectivity index (χ2v) is 6.25. The lowest BCUT2D eigenvalue weighted by Crippen LogP contribution is -2.36. The van der Waals surface area contributed by atoms with Crippen LogP contribution in [-0.2, 0) is 13.1 Å². The van der Waals surface area contributed by atoms with Crippen LogP contribution < -0.4 is 5.32 Å². The van der Waals surface area contributed by atoms with Crippen molar-refractivity contribution in [3.63, 3.8) is 0 Å². The van der Waals surface area contributed by atoms with Gasteiger partial charge in [0, 0.05) is 35.9 Å². The molecule has 0 saturated carbocycles. The van der Waals surface area contributed by atoms with Crippen LogP contribution in [0.3, 0.4) is 0 Å². The molecular weight excluding hydrogens is 355 g/mol. The number of benzene rings is 2. The van der Waals surface area contributed by atoms with Gasteiger partial charge < -0.3 is 10.2 Å². The maximum absolute atomic E-state index is 13.8. The molecule has 0 aliphatic rings. The summed E-state index contributed by atoms with van der Waals surface area (Å²) in [5, 5.41) is 7.38. The van der Waals surface area contributed by atoms with Crippen LogP contribution in [0.5, 0.6) is 0 Å². The summed E-state index contributed by atoms with van der Waals surface area (Å²) in [7, 11) is 1.59. The van der Waals surface area contributed by atoms with E-state index >= 15 is 0 Å². The SMILES string of the molecule is CN(Cc1c(F)cccc1Cl)C(=O)NCc1cnn(-c2ccccc2)c1. The highest BCUT2D eigenvalue weighted by Crippen LogP contribution is 2.20. The van der Waals surface area contributed by atoms with Gasteiger partial charge in [0.15, 0.2) is 0 Å². The Hall–Kier alpha value is -2.86. The third-order valence-corrected chi connectivity index (χ3v) is 4.26. The lowest BCUT2D eigenvalue weighted by molar-refractivity contribution is 0.206. The van der Waals surface area contributed by atoms with Crippen LogP contribution >= 0.6 is 11.6 Å². The average Bonchev–Trinajstić information content (AvgIpc) is 3.12. The topological polar surface area (TPSA) is 50.2 Å². The molecule has 0 spiro atoms. The summed E-state index contributed by atoms with van der Waals surface area (Å²) in [4.78, 5) is 13.6. The van der Waals surface area contributed by atoms with Gasteiger partial charge in [0.2, 0.25) is 0 Å². The Morgan fingerprint density at radius 1 is 1.23 bits per heavy atom. The second kappa shape index (κ2) is 8.01. The molecule has 0 radical (unpaired) electrons. The van der Waals surface area contributed by atoms with Gasteiger partial charge in [0.1, 0.15) is 5.82 Å². The summed E-state index contributed by atoms with van der Waals surface area (Å²) in [6.45, 7) is 0.404. The lowest BCUT2D eigenvalue weighted by atomic mass is 10.2. The molecule has 0 saturated heterocycles. The first kappa shape index (κ1) is 17.9. The summed E-state index contributed by atoms with van der Waals surface area (Å²) in [6.07, 6.45) is 3.55. The van der Waals surface area contributed by atoms with Crippen LogP contribution in [0, 0.1) is 5.82 Å². The monoisotopic (exact) mass is 372 g/mol. The first-order chi connectivity index (χ1) is 12.5. The van der Waals surface area contributed by atoms with Crippen molar-refractivity contribution in [1.29, 1.82) is 0 Å². The number of rotatable bonds is 5. The molecule has 0 bridgehead atoms. The predicted octanol–water partition coefficient (Wildman–Crippen LogP) is 4.01. The van der Waals surface area contributed by atoms with E-state index in [1.54, 1.807) is 24.0 Å². The minimum atomic E-state index is -0.429. The minimum absolute atomic E-state index is 0.0839. The second-order valence-electron chi connectivity index (χ2n) is 5.84. The van der Waals surface area contributed by atoms with Crippen LogP contribution in [0.4, 0.5) is 9.18 Å². The van der Waals surface area contributed by atoms with Crippen molar-refractivity contribution in [2.75, 3.05) is 7.05 Å². The fraction of sp³-hybridized carbons (Fsp3) is 0.158. The van der Waals surface area contributed by atoms with E-state index in [9.17, 15) is 9.18 Å². The largest absolute Gasteiger partial charge is 0.334 e. The summed E-state index contributed by atoms with van der Waals surface area (Å²) in [5.41, 5.74) is 2.10.